The van der Waals surface area contributed by atoms with E-state index < -0.39 is 10.0 Å². The highest BCUT2D eigenvalue weighted by molar-refractivity contribution is 7.93. The molecule has 0 saturated carbocycles. The lowest BCUT2D eigenvalue weighted by Gasteiger charge is -2.32. The summed E-state index contributed by atoms with van der Waals surface area (Å²) in [6.45, 7) is 6.47. The molecule has 1 N–H and O–H groups in total. The van der Waals surface area contributed by atoms with Crippen molar-refractivity contribution >= 4 is 21.6 Å². The number of nitrogens with zero attached hydrogens (tertiary/aromatic N) is 1. The van der Waals surface area contributed by atoms with Gasteiger partial charge in [0.2, 0.25) is 5.91 Å². The Balaban J connectivity index is 2.14. The third-order valence-corrected chi connectivity index (χ3v) is 6.38. The van der Waals surface area contributed by atoms with E-state index in [4.69, 9.17) is 0 Å². The lowest BCUT2D eigenvalue weighted by molar-refractivity contribution is -0.119. The molecule has 0 bridgehead atoms. The maximum absolute atomic E-state index is 13.1. The molecule has 1 heterocycles. The molecule has 0 aromatic heterocycles. The highest BCUT2D eigenvalue weighted by Gasteiger charge is 2.35. The van der Waals surface area contributed by atoms with Crippen LogP contribution in [0.4, 0.5) is 5.69 Å². The van der Waals surface area contributed by atoms with Crippen molar-refractivity contribution < 1.29 is 13.2 Å². The summed E-state index contributed by atoms with van der Waals surface area (Å²) in [6.07, 6.45) is 0.801. The number of hydrogen-bond acceptors (Lipinski definition) is 3. The zero-order valence-corrected chi connectivity index (χ0v) is 16.1. The molecule has 0 fully saturated rings. The molecule has 0 saturated heterocycles. The third-order valence-electron chi connectivity index (χ3n) is 4.56. The minimum atomic E-state index is -3.78. The Kier molecular flexibility index (Phi) is 5.05. The fraction of sp³-hybridized carbons (Fsp3) is 0.350. The molecule has 6 heteroatoms. The van der Waals surface area contributed by atoms with Crippen LogP contribution in [0.3, 0.4) is 0 Å². The van der Waals surface area contributed by atoms with Gasteiger partial charge in [-0.15, -0.1) is 0 Å². The van der Waals surface area contributed by atoms with E-state index in [1.807, 2.05) is 37.3 Å². The third kappa shape index (κ3) is 3.21. The van der Waals surface area contributed by atoms with Crippen LogP contribution in [0, 0.1) is 0 Å². The van der Waals surface area contributed by atoms with Gasteiger partial charge in [0.15, 0.2) is 0 Å². The van der Waals surface area contributed by atoms with Crippen molar-refractivity contribution in [3.63, 3.8) is 0 Å². The summed E-state index contributed by atoms with van der Waals surface area (Å²) in [6, 6.07) is 12.8. The first-order valence-electron chi connectivity index (χ1n) is 8.89. The largest absolute Gasteiger partial charge is 0.355 e. The molecular weight excluding hydrogens is 348 g/mol. The Hall–Kier alpha value is -2.34. The van der Waals surface area contributed by atoms with E-state index >= 15 is 0 Å². The molecule has 0 atom stereocenters. The van der Waals surface area contributed by atoms with Crippen molar-refractivity contribution in [3.05, 3.63) is 48.0 Å². The molecule has 0 unspecified atom stereocenters. The van der Waals surface area contributed by atoms with Gasteiger partial charge in [0.05, 0.1) is 10.6 Å². The SMILES string of the molecule is CCCNC(=O)CN1c2ccc(C(C)C)cc2-c2ccccc2S1(=O)=O. The molecule has 2 aromatic rings. The number of nitrogens with one attached hydrogen (secondary N) is 1. The Labute approximate surface area is 155 Å². The van der Waals surface area contributed by atoms with Crippen molar-refractivity contribution in [1.82, 2.24) is 5.32 Å². The average Bonchev–Trinajstić information content (AvgIpc) is 2.63. The van der Waals surface area contributed by atoms with E-state index in [2.05, 4.69) is 19.2 Å². The molecule has 5 nitrogen and oxygen atoms in total. The topological polar surface area (TPSA) is 66.5 Å². The zero-order valence-electron chi connectivity index (χ0n) is 15.3. The van der Waals surface area contributed by atoms with Crippen molar-refractivity contribution in [3.8, 4) is 11.1 Å². The normalized spacial score (nSPS) is 14.7. The number of carbonyl (C=O) groups is 1. The Bertz CT molecular complexity index is 936. The number of anilines is 1. The Morgan fingerprint density at radius 2 is 1.85 bits per heavy atom. The summed E-state index contributed by atoms with van der Waals surface area (Å²) in [4.78, 5) is 12.5. The van der Waals surface area contributed by atoms with Gasteiger partial charge in [0, 0.05) is 17.7 Å². The van der Waals surface area contributed by atoms with Gasteiger partial charge >= 0.3 is 0 Å². The number of benzene rings is 2. The van der Waals surface area contributed by atoms with E-state index in [9.17, 15) is 13.2 Å². The molecule has 0 radical (unpaired) electrons. The van der Waals surface area contributed by atoms with Crippen LogP contribution < -0.4 is 9.62 Å². The smallest absolute Gasteiger partial charge is 0.265 e. The van der Waals surface area contributed by atoms with E-state index in [0.717, 1.165) is 17.5 Å². The average molecular weight is 372 g/mol. The summed E-state index contributed by atoms with van der Waals surface area (Å²) in [5, 5.41) is 2.76. The van der Waals surface area contributed by atoms with Crippen LogP contribution in [0.1, 0.15) is 38.7 Å². The van der Waals surface area contributed by atoms with Crippen molar-refractivity contribution in [2.45, 2.75) is 38.0 Å². The summed E-state index contributed by atoms with van der Waals surface area (Å²) in [7, 11) is -3.78. The summed E-state index contributed by atoms with van der Waals surface area (Å²) < 4.78 is 27.5. The molecule has 0 aliphatic carbocycles. The number of amides is 1. The second-order valence-electron chi connectivity index (χ2n) is 6.79. The van der Waals surface area contributed by atoms with Gasteiger partial charge in [0.25, 0.3) is 10.0 Å². The highest BCUT2D eigenvalue weighted by Crippen LogP contribution is 2.43. The Morgan fingerprint density at radius 3 is 2.54 bits per heavy atom. The second-order valence-corrected chi connectivity index (χ2v) is 8.62. The van der Waals surface area contributed by atoms with Gasteiger partial charge in [-0.05, 0) is 36.1 Å². The monoisotopic (exact) mass is 372 g/mol. The van der Waals surface area contributed by atoms with Crippen molar-refractivity contribution in [2.24, 2.45) is 0 Å². The van der Waals surface area contributed by atoms with Crippen molar-refractivity contribution in [1.29, 1.82) is 0 Å². The van der Waals surface area contributed by atoms with E-state index in [0.29, 0.717) is 23.7 Å². The first-order chi connectivity index (χ1) is 12.4. The van der Waals surface area contributed by atoms with E-state index in [1.54, 1.807) is 12.1 Å². The quantitative estimate of drug-likeness (QED) is 0.873. The van der Waals surface area contributed by atoms with Crippen LogP contribution in [-0.4, -0.2) is 27.4 Å². The lowest BCUT2D eigenvalue weighted by Crippen LogP contribution is -2.42. The van der Waals surface area contributed by atoms with E-state index in [-0.39, 0.29) is 17.3 Å². The minimum absolute atomic E-state index is 0.218. The minimum Gasteiger partial charge on any atom is -0.355 e. The van der Waals surface area contributed by atoms with Gasteiger partial charge in [-0.25, -0.2) is 8.42 Å². The molecular formula is C20H24N2O3S. The predicted molar refractivity (Wildman–Crippen MR) is 104 cm³/mol. The van der Waals surface area contributed by atoms with Gasteiger partial charge < -0.3 is 5.32 Å². The molecule has 1 amide bonds. The number of carbonyl (C=O) groups excluding carboxylic acids is 1. The van der Waals surface area contributed by atoms with Crippen LogP contribution in [-0.2, 0) is 14.8 Å². The van der Waals surface area contributed by atoms with Crippen LogP contribution in [0.25, 0.3) is 11.1 Å². The molecule has 1 aliphatic rings. The number of hydrogen-bond donors (Lipinski definition) is 1. The standard InChI is InChI=1S/C20H24N2O3S/c1-4-11-21-20(23)13-22-18-10-9-15(14(2)3)12-17(18)16-7-5-6-8-19(16)26(22,24)25/h5-10,12,14H,4,11,13H2,1-3H3,(H,21,23). The van der Waals surface area contributed by atoms with Crippen LogP contribution >= 0.6 is 0 Å². The maximum Gasteiger partial charge on any atom is 0.265 e. The maximum atomic E-state index is 13.1. The van der Waals surface area contributed by atoms with Crippen LogP contribution in [0.15, 0.2) is 47.4 Å². The lowest BCUT2D eigenvalue weighted by atomic mass is 9.95. The molecule has 26 heavy (non-hydrogen) atoms. The van der Waals surface area contributed by atoms with E-state index in [1.165, 1.54) is 4.31 Å². The van der Waals surface area contributed by atoms with Gasteiger partial charge in [-0.1, -0.05) is 45.0 Å². The first-order valence-corrected chi connectivity index (χ1v) is 10.3. The molecule has 2 aromatic carbocycles. The summed E-state index contributed by atoms with van der Waals surface area (Å²) >= 11 is 0. The second kappa shape index (κ2) is 7.11. The van der Waals surface area contributed by atoms with Gasteiger partial charge in [-0.3, -0.25) is 9.10 Å². The summed E-state index contributed by atoms with van der Waals surface area (Å²) in [5.41, 5.74) is 3.23. The molecule has 3 rings (SSSR count). The summed E-state index contributed by atoms with van der Waals surface area (Å²) in [5.74, 6) is 0.0287. The number of rotatable bonds is 5. The van der Waals surface area contributed by atoms with Crippen molar-refractivity contribution in [2.75, 3.05) is 17.4 Å². The van der Waals surface area contributed by atoms with Crippen LogP contribution in [0.5, 0.6) is 0 Å². The fourth-order valence-electron chi connectivity index (χ4n) is 3.13. The molecule has 1 aliphatic heterocycles. The molecule has 0 spiro atoms. The van der Waals surface area contributed by atoms with Crippen LogP contribution in [0.2, 0.25) is 0 Å². The van der Waals surface area contributed by atoms with Gasteiger partial charge in [-0.2, -0.15) is 0 Å². The predicted octanol–water partition coefficient (Wildman–Crippen LogP) is 3.51. The molecule has 138 valence electrons. The van der Waals surface area contributed by atoms with Gasteiger partial charge in [0.1, 0.15) is 6.54 Å². The fourth-order valence-corrected chi connectivity index (χ4v) is 4.78. The zero-order chi connectivity index (χ0) is 18.9. The number of sulfonamides is 1. The Morgan fingerprint density at radius 1 is 1.12 bits per heavy atom. The highest BCUT2D eigenvalue weighted by atomic mass is 32.2. The first kappa shape index (κ1) is 18.5. The number of fused-ring (bicyclic) bond motifs is 3.